The summed E-state index contributed by atoms with van der Waals surface area (Å²) in [6, 6.07) is 17.2. The van der Waals surface area contributed by atoms with Crippen LogP contribution in [0.25, 0.3) is 11.1 Å². The Bertz CT molecular complexity index is 941. The molecule has 2 heterocycles. The summed E-state index contributed by atoms with van der Waals surface area (Å²) >= 11 is 0. The van der Waals surface area contributed by atoms with E-state index in [4.69, 9.17) is 9.47 Å². The molecule has 1 unspecified atom stereocenters. The average molecular weight is 346 g/mol. The highest BCUT2D eigenvalue weighted by molar-refractivity contribution is 5.95. The first-order valence-electron chi connectivity index (χ1n) is 8.41. The van der Waals surface area contributed by atoms with Crippen molar-refractivity contribution in [3.63, 3.8) is 0 Å². The van der Waals surface area contributed by atoms with Crippen LogP contribution in [-0.4, -0.2) is 23.6 Å². The largest absolute Gasteiger partial charge is 0.485 e. The number of amides is 1. The molecule has 1 atom stereocenters. The van der Waals surface area contributed by atoms with Crippen LogP contribution in [0.15, 0.2) is 67.0 Å². The van der Waals surface area contributed by atoms with Gasteiger partial charge in [-0.3, -0.25) is 9.78 Å². The van der Waals surface area contributed by atoms with Gasteiger partial charge in [0.05, 0.1) is 0 Å². The fraction of sp³-hybridized carbons (Fsp3) is 0.143. The molecule has 3 aromatic rings. The first-order chi connectivity index (χ1) is 12.7. The predicted molar refractivity (Wildman–Crippen MR) is 99.4 cm³/mol. The maximum Gasteiger partial charge on any atom is 0.269 e. The summed E-state index contributed by atoms with van der Waals surface area (Å²) in [6.45, 7) is 2.16. The van der Waals surface area contributed by atoms with Crippen molar-refractivity contribution in [3.05, 3.63) is 72.6 Å². The molecule has 1 N–H and O–H groups in total. The number of aryl methyl sites for hydroxylation is 1. The fourth-order valence-corrected chi connectivity index (χ4v) is 2.89. The summed E-state index contributed by atoms with van der Waals surface area (Å²) in [5.41, 5.74) is 3.90. The van der Waals surface area contributed by atoms with Crippen LogP contribution >= 0.6 is 0 Å². The number of carbonyl (C=O) groups is 1. The van der Waals surface area contributed by atoms with Gasteiger partial charge in [-0.1, -0.05) is 18.2 Å². The van der Waals surface area contributed by atoms with Crippen LogP contribution in [0.3, 0.4) is 0 Å². The first-order valence-corrected chi connectivity index (χ1v) is 8.41. The molecule has 1 aliphatic rings. The third-order valence-corrected chi connectivity index (χ3v) is 4.30. The summed E-state index contributed by atoms with van der Waals surface area (Å²) in [5.74, 6) is 1.03. The Kier molecular flexibility index (Phi) is 4.27. The van der Waals surface area contributed by atoms with E-state index < -0.39 is 6.10 Å². The standard InChI is InChI=1S/C21H18N2O3/c1-14-12-16(15-8-10-22-11-9-15)6-7-17(14)23-21(24)20-13-25-18-4-2-3-5-19(18)26-20/h2-12,20H,13H2,1H3,(H,23,24). The summed E-state index contributed by atoms with van der Waals surface area (Å²) in [7, 11) is 0. The SMILES string of the molecule is Cc1cc(-c2ccncc2)ccc1NC(=O)C1COc2ccccc2O1. The quantitative estimate of drug-likeness (QED) is 0.783. The molecule has 2 aromatic carbocycles. The Morgan fingerprint density at radius 1 is 1.04 bits per heavy atom. The second-order valence-electron chi connectivity index (χ2n) is 6.12. The number of para-hydroxylation sites is 2. The van der Waals surface area contributed by atoms with Gasteiger partial charge in [0.1, 0.15) is 6.61 Å². The van der Waals surface area contributed by atoms with E-state index in [9.17, 15) is 4.79 Å². The number of hydrogen-bond acceptors (Lipinski definition) is 4. The van der Waals surface area contributed by atoms with E-state index in [0.717, 1.165) is 22.4 Å². The van der Waals surface area contributed by atoms with E-state index in [-0.39, 0.29) is 12.5 Å². The van der Waals surface area contributed by atoms with Crippen LogP contribution in [0.2, 0.25) is 0 Å². The average Bonchev–Trinajstić information content (AvgIpc) is 2.69. The zero-order valence-electron chi connectivity index (χ0n) is 14.3. The van der Waals surface area contributed by atoms with Gasteiger partial charge in [0, 0.05) is 18.1 Å². The van der Waals surface area contributed by atoms with Gasteiger partial charge in [-0.15, -0.1) is 0 Å². The lowest BCUT2D eigenvalue weighted by molar-refractivity contribution is -0.125. The number of nitrogens with zero attached hydrogens (tertiary/aromatic N) is 1. The number of nitrogens with one attached hydrogen (secondary N) is 1. The summed E-state index contributed by atoms with van der Waals surface area (Å²) < 4.78 is 11.4. The van der Waals surface area contributed by atoms with E-state index in [0.29, 0.717) is 11.5 Å². The van der Waals surface area contributed by atoms with Gasteiger partial charge in [-0.05, 0) is 60.0 Å². The molecule has 0 bridgehead atoms. The Morgan fingerprint density at radius 2 is 1.81 bits per heavy atom. The van der Waals surface area contributed by atoms with Crippen molar-refractivity contribution in [1.82, 2.24) is 4.98 Å². The van der Waals surface area contributed by atoms with E-state index in [2.05, 4.69) is 10.3 Å². The van der Waals surface area contributed by atoms with Crippen LogP contribution in [0.4, 0.5) is 5.69 Å². The zero-order valence-corrected chi connectivity index (χ0v) is 14.3. The third kappa shape index (κ3) is 3.24. The minimum Gasteiger partial charge on any atom is -0.485 e. The van der Waals surface area contributed by atoms with Crippen molar-refractivity contribution in [2.75, 3.05) is 11.9 Å². The molecule has 5 heteroatoms. The fourth-order valence-electron chi connectivity index (χ4n) is 2.89. The van der Waals surface area contributed by atoms with E-state index >= 15 is 0 Å². The zero-order chi connectivity index (χ0) is 17.9. The van der Waals surface area contributed by atoms with Gasteiger partial charge < -0.3 is 14.8 Å². The number of hydrogen-bond donors (Lipinski definition) is 1. The van der Waals surface area contributed by atoms with Gasteiger partial charge in [-0.2, -0.15) is 0 Å². The highest BCUT2D eigenvalue weighted by Crippen LogP contribution is 2.31. The number of rotatable bonds is 3. The molecule has 0 radical (unpaired) electrons. The molecule has 130 valence electrons. The van der Waals surface area contributed by atoms with Crippen LogP contribution in [0, 0.1) is 6.92 Å². The Labute approximate surface area is 151 Å². The van der Waals surface area contributed by atoms with Gasteiger partial charge in [-0.25, -0.2) is 0 Å². The number of pyridine rings is 1. The molecule has 26 heavy (non-hydrogen) atoms. The van der Waals surface area contributed by atoms with Crippen molar-refractivity contribution >= 4 is 11.6 Å². The minimum absolute atomic E-state index is 0.191. The summed E-state index contributed by atoms with van der Waals surface area (Å²) in [4.78, 5) is 16.6. The molecule has 0 fully saturated rings. The lowest BCUT2D eigenvalue weighted by atomic mass is 10.0. The Hall–Kier alpha value is -3.34. The van der Waals surface area contributed by atoms with E-state index in [1.165, 1.54) is 0 Å². The summed E-state index contributed by atoms with van der Waals surface area (Å²) in [5, 5.41) is 2.93. The monoisotopic (exact) mass is 346 g/mol. The maximum absolute atomic E-state index is 12.6. The minimum atomic E-state index is -0.677. The lowest BCUT2D eigenvalue weighted by Crippen LogP contribution is -2.40. The van der Waals surface area contributed by atoms with Gasteiger partial charge >= 0.3 is 0 Å². The van der Waals surface area contributed by atoms with Crippen LogP contribution < -0.4 is 14.8 Å². The van der Waals surface area contributed by atoms with Crippen molar-refractivity contribution in [3.8, 4) is 22.6 Å². The maximum atomic E-state index is 12.6. The molecule has 4 rings (SSSR count). The number of anilines is 1. The highest BCUT2D eigenvalue weighted by atomic mass is 16.6. The first kappa shape index (κ1) is 16.1. The molecule has 1 amide bonds. The number of benzene rings is 2. The van der Waals surface area contributed by atoms with Gasteiger partial charge in [0.15, 0.2) is 11.5 Å². The Balaban J connectivity index is 1.48. The molecular formula is C21H18N2O3. The normalized spacial score (nSPS) is 15.3. The molecule has 1 aliphatic heterocycles. The highest BCUT2D eigenvalue weighted by Gasteiger charge is 2.27. The molecule has 1 aromatic heterocycles. The number of ether oxygens (including phenoxy) is 2. The van der Waals surface area contributed by atoms with E-state index in [1.807, 2.05) is 55.5 Å². The molecule has 5 nitrogen and oxygen atoms in total. The second kappa shape index (κ2) is 6.88. The molecular weight excluding hydrogens is 328 g/mol. The summed E-state index contributed by atoms with van der Waals surface area (Å²) in [6.07, 6.45) is 2.85. The Morgan fingerprint density at radius 3 is 2.58 bits per heavy atom. The second-order valence-corrected chi connectivity index (χ2v) is 6.12. The van der Waals surface area contributed by atoms with Gasteiger partial charge in [0.25, 0.3) is 5.91 Å². The van der Waals surface area contributed by atoms with Crippen LogP contribution in [0.5, 0.6) is 11.5 Å². The van der Waals surface area contributed by atoms with Crippen molar-refractivity contribution in [2.24, 2.45) is 0 Å². The molecule has 0 saturated heterocycles. The topological polar surface area (TPSA) is 60.5 Å². The van der Waals surface area contributed by atoms with Crippen molar-refractivity contribution in [2.45, 2.75) is 13.0 Å². The van der Waals surface area contributed by atoms with Crippen LogP contribution in [-0.2, 0) is 4.79 Å². The molecule has 0 saturated carbocycles. The smallest absolute Gasteiger partial charge is 0.269 e. The van der Waals surface area contributed by atoms with Gasteiger partial charge in [0.2, 0.25) is 6.10 Å². The van der Waals surface area contributed by atoms with Crippen molar-refractivity contribution < 1.29 is 14.3 Å². The van der Waals surface area contributed by atoms with Crippen molar-refractivity contribution in [1.29, 1.82) is 0 Å². The van der Waals surface area contributed by atoms with Crippen LogP contribution in [0.1, 0.15) is 5.56 Å². The molecule has 0 spiro atoms. The number of fused-ring (bicyclic) bond motifs is 1. The van der Waals surface area contributed by atoms with E-state index in [1.54, 1.807) is 18.5 Å². The third-order valence-electron chi connectivity index (χ3n) is 4.30. The predicted octanol–water partition coefficient (Wildman–Crippen LogP) is 3.84. The number of aromatic nitrogens is 1. The molecule has 0 aliphatic carbocycles. The lowest BCUT2D eigenvalue weighted by Gasteiger charge is -2.25. The number of carbonyl (C=O) groups excluding carboxylic acids is 1.